The summed E-state index contributed by atoms with van der Waals surface area (Å²) in [6, 6.07) is 25.7. The molecule has 0 radical (unpaired) electrons. The predicted octanol–water partition coefficient (Wildman–Crippen LogP) is 7.08. The molecule has 0 atom stereocenters. The van der Waals surface area contributed by atoms with Crippen molar-refractivity contribution >= 4 is 40.9 Å². The van der Waals surface area contributed by atoms with E-state index in [2.05, 4.69) is 26.9 Å². The molecule has 0 spiro atoms. The van der Waals surface area contributed by atoms with Gasteiger partial charge in [-0.2, -0.15) is 0 Å². The average Bonchev–Trinajstić information content (AvgIpc) is 3.07. The standard InChI is InChI=1S/C36H35FN4O2S/c37-30-14-10-28(11-15-30)26-41-32-5-1-2-7-34(32)44-35(36(41)43)25-27-8-12-29(13-9-27)33(42)6-3-4-20-39-21-23-40(24-22-39)31-16-18-38-19-17-31/h1-2,5,7-19,25H,3-4,6,20-24,26H2/b35-25-. The van der Waals surface area contributed by atoms with Crippen molar-refractivity contribution in [2.75, 3.05) is 42.5 Å². The van der Waals surface area contributed by atoms with E-state index in [4.69, 9.17) is 0 Å². The number of piperazine rings is 1. The van der Waals surface area contributed by atoms with E-state index in [9.17, 15) is 14.0 Å². The van der Waals surface area contributed by atoms with Crippen LogP contribution in [0, 0.1) is 5.82 Å². The number of ketones is 1. The Bertz CT molecular complexity index is 1620. The number of para-hydroxylation sites is 1. The molecule has 1 aromatic heterocycles. The van der Waals surface area contributed by atoms with Crippen molar-refractivity contribution in [3.63, 3.8) is 0 Å². The van der Waals surface area contributed by atoms with Gasteiger partial charge in [-0.15, -0.1) is 0 Å². The molecule has 2 aliphatic rings. The van der Waals surface area contributed by atoms with E-state index in [1.54, 1.807) is 17.0 Å². The van der Waals surface area contributed by atoms with Crippen LogP contribution in [0.5, 0.6) is 0 Å². The van der Waals surface area contributed by atoms with Gasteiger partial charge < -0.3 is 9.80 Å². The number of Topliss-reactive ketones (excluding diaryl/α,β-unsaturated/α-hetero) is 1. The summed E-state index contributed by atoms with van der Waals surface area (Å²) in [6.45, 7) is 5.44. The van der Waals surface area contributed by atoms with Crippen LogP contribution in [0.15, 0.2) is 107 Å². The number of rotatable bonds is 10. The molecule has 1 fully saturated rings. The van der Waals surface area contributed by atoms with Crippen molar-refractivity contribution < 1.29 is 14.0 Å². The van der Waals surface area contributed by atoms with Crippen LogP contribution in [-0.2, 0) is 11.3 Å². The number of anilines is 2. The molecule has 1 amide bonds. The van der Waals surface area contributed by atoms with Gasteiger partial charge in [0.1, 0.15) is 5.82 Å². The van der Waals surface area contributed by atoms with Gasteiger partial charge in [-0.3, -0.25) is 19.5 Å². The maximum atomic E-state index is 13.6. The normalized spacial score (nSPS) is 16.3. The second-order valence-electron chi connectivity index (χ2n) is 11.1. The number of carbonyl (C=O) groups is 2. The number of hydrogen-bond donors (Lipinski definition) is 0. The molecule has 44 heavy (non-hydrogen) atoms. The van der Waals surface area contributed by atoms with E-state index in [0.29, 0.717) is 23.4 Å². The molecule has 224 valence electrons. The highest BCUT2D eigenvalue weighted by Crippen LogP contribution is 2.42. The van der Waals surface area contributed by atoms with Crippen LogP contribution in [-0.4, -0.2) is 54.3 Å². The number of benzene rings is 3. The molecule has 4 aromatic rings. The molecule has 0 bridgehead atoms. The SMILES string of the molecule is O=C(CCCCN1CCN(c2ccncc2)CC1)c1ccc(/C=C2\Sc3ccccc3N(Cc3ccc(F)cc3)C2=O)cc1. The van der Waals surface area contributed by atoms with E-state index in [1.165, 1.54) is 29.6 Å². The fourth-order valence-corrected chi connectivity index (χ4v) is 6.72. The molecule has 0 aliphatic carbocycles. The molecule has 0 saturated carbocycles. The van der Waals surface area contributed by atoms with Gasteiger partial charge in [-0.1, -0.05) is 60.3 Å². The second-order valence-corrected chi connectivity index (χ2v) is 12.2. The Morgan fingerprint density at radius 1 is 0.864 bits per heavy atom. The van der Waals surface area contributed by atoms with Crippen molar-refractivity contribution in [1.29, 1.82) is 0 Å². The van der Waals surface area contributed by atoms with E-state index in [1.807, 2.05) is 67.0 Å². The van der Waals surface area contributed by atoms with Crippen LogP contribution in [0.4, 0.5) is 15.8 Å². The third kappa shape index (κ3) is 7.26. The first kappa shape index (κ1) is 29.8. The molecule has 0 N–H and O–H groups in total. The van der Waals surface area contributed by atoms with Gasteiger partial charge in [0.25, 0.3) is 5.91 Å². The first-order valence-electron chi connectivity index (χ1n) is 15.1. The number of thioether (sulfide) groups is 1. The number of amides is 1. The summed E-state index contributed by atoms with van der Waals surface area (Å²) in [7, 11) is 0. The Hall–Kier alpha value is -4.27. The lowest BCUT2D eigenvalue weighted by Gasteiger charge is -2.36. The van der Waals surface area contributed by atoms with Crippen LogP contribution < -0.4 is 9.80 Å². The number of hydrogen-bond acceptors (Lipinski definition) is 6. The molecule has 1 saturated heterocycles. The maximum absolute atomic E-state index is 13.6. The van der Waals surface area contributed by atoms with E-state index in [-0.39, 0.29) is 17.5 Å². The Balaban J connectivity index is 1.01. The number of aromatic nitrogens is 1. The highest BCUT2D eigenvalue weighted by Gasteiger charge is 2.29. The second kappa shape index (κ2) is 14.0. The van der Waals surface area contributed by atoms with Gasteiger partial charge in [0.05, 0.1) is 17.1 Å². The van der Waals surface area contributed by atoms with Crippen molar-refractivity contribution in [1.82, 2.24) is 9.88 Å². The molecular weight excluding hydrogens is 571 g/mol. The van der Waals surface area contributed by atoms with Gasteiger partial charge >= 0.3 is 0 Å². The number of halogens is 1. The molecule has 6 nitrogen and oxygen atoms in total. The largest absolute Gasteiger partial charge is 0.369 e. The quantitative estimate of drug-likeness (QED) is 0.109. The van der Waals surface area contributed by atoms with Crippen molar-refractivity contribution in [2.24, 2.45) is 0 Å². The van der Waals surface area contributed by atoms with Crippen LogP contribution in [0.25, 0.3) is 6.08 Å². The van der Waals surface area contributed by atoms with Gasteiger partial charge in [0, 0.05) is 61.1 Å². The van der Waals surface area contributed by atoms with Crippen molar-refractivity contribution in [3.8, 4) is 0 Å². The number of pyridine rings is 1. The number of unbranched alkanes of at least 4 members (excludes halogenated alkanes) is 1. The summed E-state index contributed by atoms with van der Waals surface area (Å²) in [6.07, 6.45) is 7.95. The molecule has 2 aliphatic heterocycles. The van der Waals surface area contributed by atoms with Crippen LogP contribution in [0.3, 0.4) is 0 Å². The third-order valence-electron chi connectivity index (χ3n) is 8.14. The first-order chi connectivity index (χ1) is 21.5. The molecule has 3 aromatic carbocycles. The summed E-state index contributed by atoms with van der Waals surface area (Å²) in [5, 5.41) is 0. The number of carbonyl (C=O) groups excluding carboxylic acids is 2. The van der Waals surface area contributed by atoms with Crippen LogP contribution in [0.1, 0.15) is 40.7 Å². The first-order valence-corrected chi connectivity index (χ1v) is 15.9. The Labute approximate surface area is 262 Å². The highest BCUT2D eigenvalue weighted by molar-refractivity contribution is 8.04. The van der Waals surface area contributed by atoms with Gasteiger partial charge in [0.15, 0.2) is 5.78 Å². The van der Waals surface area contributed by atoms with Crippen LogP contribution >= 0.6 is 11.8 Å². The van der Waals surface area contributed by atoms with Gasteiger partial charge in [-0.05, 0) is 73.0 Å². The topological polar surface area (TPSA) is 56.8 Å². The highest BCUT2D eigenvalue weighted by atomic mass is 32.2. The zero-order valence-corrected chi connectivity index (χ0v) is 25.4. The smallest absolute Gasteiger partial charge is 0.265 e. The number of fused-ring (bicyclic) bond motifs is 1. The lowest BCUT2D eigenvalue weighted by molar-refractivity contribution is -0.114. The Morgan fingerprint density at radius 3 is 2.34 bits per heavy atom. The minimum absolute atomic E-state index is 0.100. The molecule has 6 rings (SSSR count). The molecule has 8 heteroatoms. The van der Waals surface area contributed by atoms with Gasteiger partial charge in [-0.25, -0.2) is 4.39 Å². The zero-order valence-electron chi connectivity index (χ0n) is 24.6. The fraction of sp³-hybridized carbons (Fsp3) is 0.250. The van der Waals surface area contributed by atoms with Crippen molar-refractivity contribution in [3.05, 3.63) is 125 Å². The lowest BCUT2D eigenvalue weighted by Crippen LogP contribution is -2.46. The maximum Gasteiger partial charge on any atom is 0.265 e. The summed E-state index contributed by atoms with van der Waals surface area (Å²) >= 11 is 1.45. The third-order valence-corrected chi connectivity index (χ3v) is 9.22. The zero-order chi connectivity index (χ0) is 30.3. The summed E-state index contributed by atoms with van der Waals surface area (Å²) in [5.41, 5.74) is 4.49. The summed E-state index contributed by atoms with van der Waals surface area (Å²) < 4.78 is 13.4. The van der Waals surface area contributed by atoms with Crippen LogP contribution in [0.2, 0.25) is 0 Å². The van der Waals surface area contributed by atoms with Crippen molar-refractivity contribution in [2.45, 2.75) is 30.7 Å². The predicted molar refractivity (Wildman–Crippen MR) is 175 cm³/mol. The molecule has 3 heterocycles. The Morgan fingerprint density at radius 2 is 1.59 bits per heavy atom. The van der Waals surface area contributed by atoms with E-state index in [0.717, 1.165) is 67.3 Å². The summed E-state index contributed by atoms with van der Waals surface area (Å²) in [5.74, 6) is -0.254. The fourth-order valence-electron chi connectivity index (χ4n) is 5.66. The molecular formula is C36H35FN4O2S. The van der Waals surface area contributed by atoms with E-state index < -0.39 is 0 Å². The lowest BCUT2D eigenvalue weighted by atomic mass is 10.0. The van der Waals surface area contributed by atoms with Gasteiger partial charge in [0.2, 0.25) is 0 Å². The Kier molecular flexibility index (Phi) is 9.48. The summed E-state index contributed by atoms with van der Waals surface area (Å²) in [4.78, 5) is 38.8. The minimum atomic E-state index is -0.302. The molecule has 0 unspecified atom stereocenters. The number of nitrogens with zero attached hydrogens (tertiary/aromatic N) is 4. The average molecular weight is 607 g/mol. The van der Waals surface area contributed by atoms with E-state index >= 15 is 0 Å². The monoisotopic (exact) mass is 606 g/mol. The minimum Gasteiger partial charge on any atom is -0.369 e.